The molecule has 21 heavy (non-hydrogen) atoms. The normalized spacial score (nSPS) is 12.7. The Balaban J connectivity index is 3.29. The summed E-state index contributed by atoms with van der Waals surface area (Å²) in [5.74, 6) is 0. The fourth-order valence-electron chi connectivity index (χ4n) is 1.83. The summed E-state index contributed by atoms with van der Waals surface area (Å²) in [5, 5.41) is 3.31. The lowest BCUT2D eigenvalue weighted by atomic mass is 10.1. The SMILES string of the molecule is Cc1c(Br)cc(CNC(C)C)cc1S(=O)(=O)N(C)C(C)C. The topological polar surface area (TPSA) is 49.4 Å². The quantitative estimate of drug-likeness (QED) is 0.828. The van der Waals surface area contributed by atoms with Crippen molar-refractivity contribution in [3.63, 3.8) is 0 Å². The van der Waals surface area contributed by atoms with Gasteiger partial charge in [0.15, 0.2) is 0 Å². The van der Waals surface area contributed by atoms with Crippen molar-refractivity contribution in [1.82, 2.24) is 9.62 Å². The van der Waals surface area contributed by atoms with Crippen LogP contribution in [0.5, 0.6) is 0 Å². The number of benzene rings is 1. The van der Waals surface area contributed by atoms with Gasteiger partial charge in [-0.25, -0.2) is 8.42 Å². The molecule has 0 amide bonds. The number of nitrogens with one attached hydrogen (secondary N) is 1. The molecule has 1 N–H and O–H groups in total. The molecule has 0 heterocycles. The molecule has 0 aliphatic heterocycles. The minimum atomic E-state index is -3.48. The lowest BCUT2D eigenvalue weighted by Gasteiger charge is -2.23. The first-order chi connectivity index (χ1) is 9.57. The Bertz CT molecular complexity index is 598. The zero-order chi connectivity index (χ0) is 16.4. The molecule has 0 aliphatic rings. The molecule has 0 saturated carbocycles. The van der Waals surface area contributed by atoms with E-state index < -0.39 is 10.0 Å². The predicted molar refractivity (Wildman–Crippen MR) is 90.9 cm³/mol. The maximum atomic E-state index is 12.7. The molecule has 0 radical (unpaired) electrons. The zero-order valence-electron chi connectivity index (χ0n) is 13.6. The van der Waals surface area contributed by atoms with Crippen molar-refractivity contribution in [2.45, 2.75) is 58.1 Å². The number of rotatable bonds is 6. The standard InChI is InChI=1S/C15H25BrN2O2S/c1-10(2)17-9-13-7-14(16)12(5)15(8-13)21(19,20)18(6)11(3)4/h7-8,10-11,17H,9H2,1-6H3. The van der Waals surface area contributed by atoms with Gasteiger partial charge >= 0.3 is 0 Å². The van der Waals surface area contributed by atoms with Crippen molar-refractivity contribution in [1.29, 1.82) is 0 Å². The summed E-state index contributed by atoms with van der Waals surface area (Å²) >= 11 is 3.47. The molecular formula is C15H25BrN2O2S. The lowest BCUT2D eigenvalue weighted by molar-refractivity contribution is 0.410. The summed E-state index contributed by atoms with van der Waals surface area (Å²) in [4.78, 5) is 0.369. The first kappa shape index (κ1) is 18.6. The van der Waals surface area contributed by atoms with Gasteiger partial charge in [0.05, 0.1) is 4.90 Å². The maximum absolute atomic E-state index is 12.7. The van der Waals surface area contributed by atoms with E-state index >= 15 is 0 Å². The van der Waals surface area contributed by atoms with Crippen LogP contribution in [0.15, 0.2) is 21.5 Å². The monoisotopic (exact) mass is 376 g/mol. The summed E-state index contributed by atoms with van der Waals surface area (Å²) in [6.45, 7) is 10.3. The van der Waals surface area contributed by atoms with Crippen LogP contribution < -0.4 is 5.32 Å². The van der Waals surface area contributed by atoms with Crippen LogP contribution in [-0.4, -0.2) is 31.9 Å². The third-order valence-corrected chi connectivity index (χ3v) is 6.44. The molecule has 1 aromatic carbocycles. The zero-order valence-corrected chi connectivity index (χ0v) is 16.0. The number of halogens is 1. The fourth-order valence-corrected chi connectivity index (χ4v) is 4.13. The average Bonchev–Trinajstić information content (AvgIpc) is 2.38. The van der Waals surface area contributed by atoms with Crippen molar-refractivity contribution in [2.24, 2.45) is 0 Å². The van der Waals surface area contributed by atoms with Gasteiger partial charge in [-0.05, 0) is 44.0 Å². The van der Waals surface area contributed by atoms with Gasteiger partial charge in [-0.1, -0.05) is 29.8 Å². The van der Waals surface area contributed by atoms with Gasteiger partial charge in [-0.15, -0.1) is 0 Å². The van der Waals surface area contributed by atoms with Crippen LogP contribution in [0.1, 0.15) is 38.8 Å². The van der Waals surface area contributed by atoms with Crippen LogP contribution in [-0.2, 0) is 16.6 Å². The number of hydrogen-bond acceptors (Lipinski definition) is 3. The van der Waals surface area contributed by atoms with Gasteiger partial charge < -0.3 is 5.32 Å². The second-order valence-corrected chi connectivity index (χ2v) is 8.67. The van der Waals surface area contributed by atoms with Crippen molar-refractivity contribution in [3.8, 4) is 0 Å². The summed E-state index contributed by atoms with van der Waals surface area (Å²) in [5.41, 5.74) is 1.70. The van der Waals surface area contributed by atoms with Gasteiger partial charge in [0.1, 0.15) is 0 Å². The van der Waals surface area contributed by atoms with Crippen molar-refractivity contribution in [2.75, 3.05) is 7.05 Å². The Hall–Kier alpha value is -0.430. The fraction of sp³-hybridized carbons (Fsp3) is 0.600. The Kier molecular flexibility index (Phi) is 6.40. The smallest absolute Gasteiger partial charge is 0.243 e. The van der Waals surface area contributed by atoms with Gasteiger partial charge in [0.25, 0.3) is 0 Å². The van der Waals surface area contributed by atoms with Crippen LogP contribution in [0.2, 0.25) is 0 Å². The highest BCUT2D eigenvalue weighted by atomic mass is 79.9. The second-order valence-electron chi connectivity index (χ2n) is 5.85. The summed E-state index contributed by atoms with van der Waals surface area (Å²) in [7, 11) is -1.86. The Morgan fingerprint density at radius 2 is 1.81 bits per heavy atom. The Morgan fingerprint density at radius 1 is 1.24 bits per heavy atom. The Morgan fingerprint density at radius 3 is 2.29 bits per heavy atom. The lowest BCUT2D eigenvalue weighted by Crippen LogP contribution is -2.33. The molecule has 0 unspecified atom stereocenters. The summed E-state index contributed by atoms with van der Waals surface area (Å²) < 4.78 is 27.7. The molecule has 0 atom stereocenters. The molecule has 120 valence electrons. The third kappa shape index (κ3) is 4.52. The van der Waals surface area contributed by atoms with Crippen molar-refractivity contribution in [3.05, 3.63) is 27.7 Å². The van der Waals surface area contributed by atoms with Gasteiger partial charge in [0.2, 0.25) is 10.0 Å². The van der Waals surface area contributed by atoms with Gasteiger partial charge in [-0.2, -0.15) is 4.31 Å². The molecule has 0 aliphatic carbocycles. The van der Waals surface area contributed by atoms with Gasteiger partial charge in [0, 0.05) is 30.1 Å². The average molecular weight is 377 g/mol. The largest absolute Gasteiger partial charge is 0.310 e. The molecule has 1 rings (SSSR count). The highest BCUT2D eigenvalue weighted by Gasteiger charge is 2.26. The molecule has 6 heteroatoms. The molecule has 0 fully saturated rings. The van der Waals surface area contributed by atoms with E-state index in [2.05, 4.69) is 35.1 Å². The minimum Gasteiger partial charge on any atom is -0.310 e. The van der Waals surface area contributed by atoms with Crippen LogP contribution in [0.4, 0.5) is 0 Å². The molecule has 0 aromatic heterocycles. The van der Waals surface area contributed by atoms with E-state index in [1.54, 1.807) is 13.1 Å². The highest BCUT2D eigenvalue weighted by molar-refractivity contribution is 9.10. The maximum Gasteiger partial charge on any atom is 0.243 e. The number of sulfonamides is 1. The van der Waals surface area contributed by atoms with Crippen LogP contribution in [0, 0.1) is 6.92 Å². The van der Waals surface area contributed by atoms with Crippen molar-refractivity contribution < 1.29 is 8.42 Å². The van der Waals surface area contributed by atoms with E-state index in [0.29, 0.717) is 17.5 Å². The number of nitrogens with zero attached hydrogens (tertiary/aromatic N) is 1. The first-order valence-corrected chi connectivity index (χ1v) is 9.31. The third-order valence-electron chi connectivity index (χ3n) is 3.46. The van der Waals surface area contributed by atoms with E-state index in [1.165, 1.54) is 4.31 Å². The Labute approximate surface area is 137 Å². The van der Waals surface area contributed by atoms with Crippen LogP contribution in [0.25, 0.3) is 0 Å². The first-order valence-electron chi connectivity index (χ1n) is 7.07. The van der Waals surface area contributed by atoms with E-state index in [1.807, 2.05) is 26.8 Å². The van der Waals surface area contributed by atoms with E-state index in [4.69, 9.17) is 0 Å². The van der Waals surface area contributed by atoms with E-state index in [0.717, 1.165) is 15.6 Å². The molecule has 0 saturated heterocycles. The molecule has 1 aromatic rings. The molecule has 4 nitrogen and oxygen atoms in total. The van der Waals surface area contributed by atoms with Crippen LogP contribution in [0.3, 0.4) is 0 Å². The van der Waals surface area contributed by atoms with E-state index in [9.17, 15) is 8.42 Å². The molecule has 0 spiro atoms. The minimum absolute atomic E-state index is 0.0781. The number of hydrogen-bond donors (Lipinski definition) is 1. The van der Waals surface area contributed by atoms with E-state index in [-0.39, 0.29) is 6.04 Å². The van der Waals surface area contributed by atoms with Crippen LogP contribution >= 0.6 is 15.9 Å². The highest BCUT2D eigenvalue weighted by Crippen LogP contribution is 2.28. The van der Waals surface area contributed by atoms with Gasteiger partial charge in [-0.3, -0.25) is 0 Å². The predicted octanol–water partition coefficient (Wildman–Crippen LogP) is 3.28. The molecule has 0 bridgehead atoms. The van der Waals surface area contributed by atoms with Crippen molar-refractivity contribution >= 4 is 26.0 Å². The summed E-state index contributed by atoms with van der Waals surface area (Å²) in [6.07, 6.45) is 0. The summed E-state index contributed by atoms with van der Waals surface area (Å²) in [6, 6.07) is 4.01. The molecular weight excluding hydrogens is 352 g/mol. The second kappa shape index (κ2) is 7.22.